The molecule has 2 nitrogen and oxygen atoms in total. The van der Waals surface area contributed by atoms with Crippen molar-refractivity contribution in [3.8, 4) is 0 Å². The number of hydrogen-bond acceptors (Lipinski definition) is 1. The molecule has 0 aromatic carbocycles. The molecular weight excluding hydrogens is 124 g/mol. The van der Waals surface area contributed by atoms with Gasteiger partial charge in [-0.15, -0.1) is 13.2 Å². The second kappa shape index (κ2) is 3.57. The molecule has 0 bridgehead atoms. The van der Waals surface area contributed by atoms with E-state index in [9.17, 15) is 4.21 Å². The van der Waals surface area contributed by atoms with Crippen LogP contribution in [0.15, 0.2) is 25.3 Å². The first-order valence-electron chi connectivity index (χ1n) is 2.07. The quantitative estimate of drug-likeness (QED) is 0.458. The van der Waals surface area contributed by atoms with Gasteiger partial charge in [0.1, 0.15) is 0 Å². The van der Waals surface area contributed by atoms with Crippen molar-refractivity contribution in [3.05, 3.63) is 25.3 Å². The lowest BCUT2D eigenvalue weighted by Crippen LogP contribution is -2.05. The molecule has 1 unspecified atom stereocenters. The van der Waals surface area contributed by atoms with Gasteiger partial charge in [0, 0.05) is 0 Å². The lowest BCUT2D eigenvalue weighted by atomic mass is 10.4. The fraction of sp³-hybridized carbons (Fsp3) is 0.200. The third-order valence-corrected chi connectivity index (χ3v) is 1.55. The highest BCUT2D eigenvalue weighted by molar-refractivity contribution is 7.80. The van der Waals surface area contributed by atoms with Crippen LogP contribution in [-0.4, -0.2) is 14.0 Å². The minimum Gasteiger partial charge on any atom is -0.305 e. The van der Waals surface area contributed by atoms with Crippen molar-refractivity contribution >= 4 is 11.1 Å². The van der Waals surface area contributed by atoms with Crippen LogP contribution in [0.4, 0.5) is 0 Å². The zero-order valence-electron chi connectivity index (χ0n) is 4.41. The zero-order chi connectivity index (χ0) is 6.57. The highest BCUT2D eigenvalue weighted by Gasteiger charge is 2.02. The van der Waals surface area contributed by atoms with Crippen molar-refractivity contribution < 1.29 is 8.76 Å². The predicted octanol–water partition coefficient (Wildman–Crippen LogP) is 0.949. The fourth-order valence-electron chi connectivity index (χ4n) is 0.261. The average molecular weight is 132 g/mol. The molecule has 0 radical (unpaired) electrons. The molecule has 0 spiro atoms. The van der Waals surface area contributed by atoms with Crippen molar-refractivity contribution in [1.29, 1.82) is 0 Å². The van der Waals surface area contributed by atoms with E-state index in [0.29, 0.717) is 0 Å². The molecule has 0 aromatic heterocycles. The summed E-state index contributed by atoms with van der Waals surface area (Å²) >= 11 is -1.84. The Morgan fingerprint density at radius 1 is 1.50 bits per heavy atom. The summed E-state index contributed by atoms with van der Waals surface area (Å²) in [6.45, 7) is 6.66. The molecule has 3 heteroatoms. The Morgan fingerprint density at radius 2 is 1.88 bits per heavy atom. The van der Waals surface area contributed by atoms with Crippen LogP contribution in [0.2, 0.25) is 0 Å². The third-order valence-electron chi connectivity index (χ3n) is 0.697. The van der Waals surface area contributed by atoms with E-state index in [1.54, 1.807) is 0 Å². The molecule has 0 saturated carbocycles. The van der Waals surface area contributed by atoms with E-state index in [0.717, 1.165) is 0 Å². The highest BCUT2D eigenvalue weighted by atomic mass is 32.2. The summed E-state index contributed by atoms with van der Waals surface area (Å²) in [7, 11) is 0. The van der Waals surface area contributed by atoms with Gasteiger partial charge in [0.25, 0.3) is 0 Å². The summed E-state index contributed by atoms with van der Waals surface area (Å²) in [5.74, 6) is 0. The van der Waals surface area contributed by atoms with Crippen LogP contribution in [0.5, 0.6) is 0 Å². The topological polar surface area (TPSA) is 37.3 Å². The second-order valence-electron chi connectivity index (χ2n) is 1.21. The summed E-state index contributed by atoms with van der Waals surface area (Å²) in [6.07, 6.45) is 2.76. The molecule has 0 saturated heterocycles. The van der Waals surface area contributed by atoms with E-state index in [1.165, 1.54) is 12.2 Å². The Labute approximate surface area is 51.2 Å². The summed E-state index contributed by atoms with van der Waals surface area (Å²) in [4.78, 5) is 0. The molecule has 0 amide bonds. The minimum atomic E-state index is -1.84. The van der Waals surface area contributed by atoms with Gasteiger partial charge in [-0.3, -0.25) is 0 Å². The SMILES string of the molecule is C=CC(C=C)S(=O)O. The first kappa shape index (κ1) is 7.59. The average Bonchev–Trinajstić information content (AvgIpc) is 1.69. The molecular formula is C5H8O2S. The van der Waals surface area contributed by atoms with Gasteiger partial charge >= 0.3 is 0 Å². The van der Waals surface area contributed by atoms with Crippen LogP contribution in [0.3, 0.4) is 0 Å². The molecule has 0 rings (SSSR count). The van der Waals surface area contributed by atoms with Gasteiger partial charge < -0.3 is 4.55 Å². The smallest absolute Gasteiger partial charge is 0.163 e. The second-order valence-corrected chi connectivity index (χ2v) is 2.31. The van der Waals surface area contributed by atoms with E-state index in [2.05, 4.69) is 13.2 Å². The highest BCUT2D eigenvalue weighted by Crippen LogP contribution is 1.93. The maximum atomic E-state index is 10.1. The third kappa shape index (κ3) is 2.04. The molecule has 1 N–H and O–H groups in total. The molecule has 8 heavy (non-hydrogen) atoms. The Hall–Kier alpha value is -0.410. The first-order valence-corrected chi connectivity index (χ1v) is 3.24. The fourth-order valence-corrected chi connectivity index (χ4v) is 0.590. The van der Waals surface area contributed by atoms with Gasteiger partial charge in [0.05, 0.1) is 5.25 Å². The maximum Gasteiger partial charge on any atom is 0.163 e. The van der Waals surface area contributed by atoms with E-state index in [4.69, 9.17) is 4.55 Å². The van der Waals surface area contributed by atoms with Gasteiger partial charge in [-0.1, -0.05) is 12.2 Å². The van der Waals surface area contributed by atoms with Gasteiger partial charge in [0.2, 0.25) is 0 Å². The lowest BCUT2D eigenvalue weighted by Gasteiger charge is -1.96. The Morgan fingerprint density at radius 3 is 1.88 bits per heavy atom. The van der Waals surface area contributed by atoms with Crippen molar-refractivity contribution in [1.82, 2.24) is 0 Å². The molecule has 0 heterocycles. The monoisotopic (exact) mass is 132 g/mol. The predicted molar refractivity (Wildman–Crippen MR) is 35.0 cm³/mol. The zero-order valence-corrected chi connectivity index (χ0v) is 5.23. The molecule has 0 aliphatic carbocycles. The maximum absolute atomic E-state index is 10.1. The number of hydrogen-bond donors (Lipinski definition) is 1. The molecule has 0 aliphatic rings. The summed E-state index contributed by atoms with van der Waals surface area (Å²) < 4.78 is 18.5. The van der Waals surface area contributed by atoms with Crippen molar-refractivity contribution in [3.63, 3.8) is 0 Å². The van der Waals surface area contributed by atoms with Gasteiger partial charge in [0.15, 0.2) is 11.1 Å². The van der Waals surface area contributed by atoms with Crippen molar-refractivity contribution in [2.24, 2.45) is 0 Å². The summed E-state index contributed by atoms with van der Waals surface area (Å²) in [5.41, 5.74) is 0. The van der Waals surface area contributed by atoms with Crippen LogP contribution in [0.25, 0.3) is 0 Å². The molecule has 0 aromatic rings. The van der Waals surface area contributed by atoms with Crippen LogP contribution in [-0.2, 0) is 11.1 Å². The lowest BCUT2D eigenvalue weighted by molar-refractivity contribution is 0.562. The number of rotatable bonds is 3. The Balaban J connectivity index is 3.88. The first-order chi connectivity index (χ1) is 3.72. The summed E-state index contributed by atoms with van der Waals surface area (Å²) in [5, 5.41) is -0.491. The molecule has 1 atom stereocenters. The molecule has 46 valence electrons. The molecule has 0 aliphatic heterocycles. The standard InChI is InChI=1S/C5H8O2S/c1-3-5(4-2)8(6)7/h3-5H,1-2H2,(H,6,7). The van der Waals surface area contributed by atoms with Crippen molar-refractivity contribution in [2.75, 3.05) is 0 Å². The van der Waals surface area contributed by atoms with Crippen LogP contribution >= 0.6 is 0 Å². The largest absolute Gasteiger partial charge is 0.305 e. The normalized spacial score (nSPS) is 13.2. The van der Waals surface area contributed by atoms with Crippen LogP contribution in [0.1, 0.15) is 0 Å². The Bertz CT molecular complexity index is 112. The Kier molecular flexibility index (Phi) is 3.39. The van der Waals surface area contributed by atoms with Crippen LogP contribution < -0.4 is 0 Å². The summed E-state index contributed by atoms with van der Waals surface area (Å²) in [6, 6.07) is 0. The van der Waals surface area contributed by atoms with E-state index in [1.807, 2.05) is 0 Å². The molecule has 0 fully saturated rings. The van der Waals surface area contributed by atoms with Crippen LogP contribution in [0, 0.1) is 0 Å². The minimum absolute atomic E-state index is 0.491. The van der Waals surface area contributed by atoms with E-state index >= 15 is 0 Å². The van der Waals surface area contributed by atoms with E-state index in [-0.39, 0.29) is 0 Å². The van der Waals surface area contributed by atoms with Gasteiger partial charge in [-0.25, -0.2) is 4.21 Å². The van der Waals surface area contributed by atoms with Crippen molar-refractivity contribution in [2.45, 2.75) is 5.25 Å². The van der Waals surface area contributed by atoms with Gasteiger partial charge in [-0.2, -0.15) is 0 Å². The van der Waals surface area contributed by atoms with Gasteiger partial charge in [-0.05, 0) is 0 Å². The van der Waals surface area contributed by atoms with E-state index < -0.39 is 16.3 Å².